The van der Waals surface area contributed by atoms with Crippen molar-refractivity contribution in [2.45, 2.75) is 13.8 Å². The van der Waals surface area contributed by atoms with Crippen molar-refractivity contribution in [1.29, 1.82) is 0 Å². The third-order valence-electron chi connectivity index (χ3n) is 2.57. The third kappa shape index (κ3) is 2.51. The van der Waals surface area contributed by atoms with Gasteiger partial charge >= 0.3 is 0 Å². The summed E-state index contributed by atoms with van der Waals surface area (Å²) in [6.07, 6.45) is 0. The van der Waals surface area contributed by atoms with Crippen LogP contribution in [0.5, 0.6) is 0 Å². The Morgan fingerprint density at radius 2 is 1.94 bits per heavy atom. The molecule has 0 amide bonds. The fraction of sp³-hybridized carbons (Fsp3) is 0.154. The third-order valence-corrected chi connectivity index (χ3v) is 5.02. The van der Waals surface area contributed by atoms with E-state index in [-0.39, 0.29) is 10.8 Å². The molecule has 1 aromatic carbocycles. The molecular weight excluding hydrogens is 339 g/mol. The van der Waals surface area contributed by atoms with Crippen LogP contribution in [-0.4, -0.2) is 5.78 Å². The Labute approximate surface area is 122 Å². The molecule has 1 aromatic heterocycles. The number of carbonyl (C=O) groups excluding carboxylic acids is 1. The Balaban J connectivity index is 2.49. The van der Waals surface area contributed by atoms with Crippen LogP contribution in [0.1, 0.15) is 26.4 Å². The minimum Gasteiger partial charge on any atom is -0.288 e. The summed E-state index contributed by atoms with van der Waals surface area (Å²) in [5.41, 5.74) is 1.75. The van der Waals surface area contributed by atoms with Crippen molar-refractivity contribution >= 4 is 44.7 Å². The van der Waals surface area contributed by atoms with Crippen molar-refractivity contribution in [2.75, 3.05) is 0 Å². The average Bonchev–Trinajstić information content (AvgIpc) is 2.63. The molecule has 0 saturated carbocycles. The van der Waals surface area contributed by atoms with Gasteiger partial charge in [0.05, 0.1) is 13.7 Å². The first-order valence-corrected chi connectivity index (χ1v) is 7.15. The quantitative estimate of drug-likeness (QED) is 0.687. The maximum Gasteiger partial charge on any atom is 0.204 e. The zero-order valence-electron chi connectivity index (χ0n) is 9.68. The maximum absolute atomic E-state index is 13.3. The average molecular weight is 348 g/mol. The van der Waals surface area contributed by atoms with E-state index in [2.05, 4.69) is 15.9 Å². The fourth-order valence-electron chi connectivity index (χ4n) is 1.54. The largest absolute Gasteiger partial charge is 0.288 e. The van der Waals surface area contributed by atoms with Crippen LogP contribution in [0.3, 0.4) is 0 Å². The van der Waals surface area contributed by atoms with Gasteiger partial charge in [0.1, 0.15) is 5.82 Å². The smallest absolute Gasteiger partial charge is 0.204 e. The Kier molecular flexibility index (Phi) is 3.90. The highest BCUT2D eigenvalue weighted by molar-refractivity contribution is 9.11. The lowest BCUT2D eigenvalue weighted by atomic mass is 10.1. The van der Waals surface area contributed by atoms with E-state index in [1.54, 1.807) is 13.0 Å². The van der Waals surface area contributed by atoms with E-state index in [9.17, 15) is 9.18 Å². The van der Waals surface area contributed by atoms with Gasteiger partial charge in [-0.25, -0.2) is 4.39 Å². The number of rotatable bonds is 2. The lowest BCUT2D eigenvalue weighted by molar-refractivity contribution is 0.104. The van der Waals surface area contributed by atoms with Crippen LogP contribution in [0.2, 0.25) is 5.02 Å². The number of benzene rings is 1. The predicted octanol–water partition coefficient (Wildman–Crippen LogP) is 5.15. The van der Waals surface area contributed by atoms with E-state index in [0.717, 1.165) is 9.35 Å². The highest BCUT2D eigenvalue weighted by Crippen LogP contribution is 2.31. The summed E-state index contributed by atoms with van der Waals surface area (Å²) in [5.74, 6) is -0.581. The lowest BCUT2D eigenvalue weighted by Gasteiger charge is -2.04. The summed E-state index contributed by atoms with van der Waals surface area (Å²) in [5, 5.41) is 0.144. The standard InChI is InChI=1S/C13H9BrClFOS/c1-6-3-8(9(15)5-10(6)16)12(17)11-4-7(2)13(14)18-11/h3-5H,1-2H3. The van der Waals surface area contributed by atoms with Gasteiger partial charge in [0.25, 0.3) is 0 Å². The topological polar surface area (TPSA) is 17.1 Å². The molecule has 0 unspecified atom stereocenters. The highest BCUT2D eigenvalue weighted by Gasteiger charge is 2.17. The van der Waals surface area contributed by atoms with Gasteiger partial charge < -0.3 is 0 Å². The summed E-state index contributed by atoms with van der Waals surface area (Å²) in [7, 11) is 0. The molecule has 0 saturated heterocycles. The van der Waals surface area contributed by atoms with Crippen LogP contribution in [0.4, 0.5) is 4.39 Å². The van der Waals surface area contributed by atoms with Gasteiger partial charge in [-0.2, -0.15) is 0 Å². The van der Waals surface area contributed by atoms with Crippen molar-refractivity contribution < 1.29 is 9.18 Å². The molecule has 0 aliphatic carbocycles. The predicted molar refractivity (Wildman–Crippen MR) is 76.3 cm³/mol. The van der Waals surface area contributed by atoms with Crippen molar-refractivity contribution in [3.8, 4) is 0 Å². The van der Waals surface area contributed by atoms with E-state index in [1.807, 2.05) is 6.92 Å². The SMILES string of the molecule is Cc1cc(C(=O)c2cc(C)c(Br)s2)c(Cl)cc1F. The number of hydrogen-bond donors (Lipinski definition) is 0. The Bertz CT molecular complexity index is 617. The van der Waals surface area contributed by atoms with Crippen molar-refractivity contribution in [2.24, 2.45) is 0 Å². The molecule has 0 spiro atoms. The van der Waals surface area contributed by atoms with Crippen molar-refractivity contribution in [1.82, 2.24) is 0 Å². The zero-order valence-corrected chi connectivity index (χ0v) is 12.8. The van der Waals surface area contributed by atoms with Crippen LogP contribution < -0.4 is 0 Å². The molecule has 0 aliphatic rings. The molecule has 5 heteroatoms. The van der Waals surface area contributed by atoms with Gasteiger partial charge in [-0.15, -0.1) is 11.3 Å². The number of thiophene rings is 1. The number of ketones is 1. The number of carbonyl (C=O) groups is 1. The molecule has 0 radical (unpaired) electrons. The van der Waals surface area contributed by atoms with E-state index in [1.165, 1.54) is 23.5 Å². The molecule has 0 atom stereocenters. The van der Waals surface area contributed by atoms with Gasteiger partial charge in [-0.1, -0.05) is 11.6 Å². The van der Waals surface area contributed by atoms with Crippen LogP contribution in [-0.2, 0) is 0 Å². The summed E-state index contributed by atoms with van der Waals surface area (Å²) >= 11 is 10.7. The summed E-state index contributed by atoms with van der Waals surface area (Å²) in [6.45, 7) is 3.52. The Hall–Kier alpha value is -0.710. The van der Waals surface area contributed by atoms with Crippen LogP contribution in [0.25, 0.3) is 0 Å². The van der Waals surface area contributed by atoms with E-state index >= 15 is 0 Å². The van der Waals surface area contributed by atoms with Gasteiger partial charge in [-0.05, 0) is 59.1 Å². The van der Waals surface area contributed by atoms with Gasteiger partial charge in [-0.3, -0.25) is 4.79 Å². The lowest BCUT2D eigenvalue weighted by Crippen LogP contribution is -2.01. The summed E-state index contributed by atoms with van der Waals surface area (Å²) in [4.78, 5) is 12.9. The zero-order chi connectivity index (χ0) is 13.4. The summed E-state index contributed by atoms with van der Waals surface area (Å²) < 4.78 is 14.2. The first-order valence-electron chi connectivity index (χ1n) is 5.16. The molecule has 0 bridgehead atoms. The molecular formula is C13H9BrClFOS. The van der Waals surface area contributed by atoms with Crippen LogP contribution in [0.15, 0.2) is 22.0 Å². The second-order valence-electron chi connectivity index (χ2n) is 3.98. The van der Waals surface area contributed by atoms with Gasteiger partial charge in [0, 0.05) is 5.56 Å². The second-order valence-corrected chi connectivity index (χ2v) is 6.76. The molecule has 2 aromatic rings. The maximum atomic E-state index is 13.3. The normalized spacial score (nSPS) is 10.7. The number of halogens is 3. The number of hydrogen-bond acceptors (Lipinski definition) is 2. The molecule has 94 valence electrons. The van der Waals surface area contributed by atoms with Gasteiger partial charge in [0.15, 0.2) is 0 Å². The highest BCUT2D eigenvalue weighted by atomic mass is 79.9. The minimum atomic E-state index is -0.403. The van der Waals surface area contributed by atoms with Crippen molar-refractivity contribution in [3.63, 3.8) is 0 Å². The molecule has 0 N–H and O–H groups in total. The molecule has 18 heavy (non-hydrogen) atoms. The first kappa shape index (κ1) is 13.7. The van der Waals surface area contributed by atoms with E-state index in [0.29, 0.717) is 16.0 Å². The number of aryl methyl sites for hydroxylation is 2. The molecule has 2 rings (SSSR count). The second kappa shape index (κ2) is 5.11. The Morgan fingerprint density at radius 3 is 2.50 bits per heavy atom. The molecule has 1 nitrogen and oxygen atoms in total. The molecule has 0 fully saturated rings. The summed E-state index contributed by atoms with van der Waals surface area (Å²) in [6, 6.07) is 4.47. The molecule has 1 heterocycles. The van der Waals surface area contributed by atoms with Gasteiger partial charge in [0.2, 0.25) is 5.78 Å². The monoisotopic (exact) mass is 346 g/mol. The van der Waals surface area contributed by atoms with Crippen molar-refractivity contribution in [3.05, 3.63) is 54.4 Å². The van der Waals surface area contributed by atoms with E-state index < -0.39 is 5.82 Å². The fourth-order valence-corrected chi connectivity index (χ4v) is 3.26. The molecule has 0 aliphatic heterocycles. The minimum absolute atomic E-state index is 0.144. The van der Waals surface area contributed by atoms with Crippen LogP contribution in [0, 0.1) is 19.7 Å². The first-order chi connectivity index (χ1) is 8.40. The van der Waals surface area contributed by atoms with E-state index in [4.69, 9.17) is 11.6 Å². The van der Waals surface area contributed by atoms with Crippen LogP contribution >= 0.6 is 38.9 Å². The Morgan fingerprint density at radius 1 is 1.28 bits per heavy atom.